The first-order chi connectivity index (χ1) is 8.65. The second-order valence-electron chi connectivity index (χ2n) is 4.82. The van der Waals surface area contributed by atoms with Crippen LogP contribution in [0.15, 0.2) is 24.3 Å². The lowest BCUT2D eigenvalue weighted by Gasteiger charge is -2.25. The van der Waals surface area contributed by atoms with Crippen LogP contribution in [-0.4, -0.2) is 31.6 Å². The van der Waals surface area contributed by atoms with Crippen molar-refractivity contribution in [2.45, 2.75) is 32.7 Å². The third-order valence-electron chi connectivity index (χ3n) is 3.28. The van der Waals surface area contributed by atoms with Gasteiger partial charge in [0.2, 0.25) is 0 Å². The fraction of sp³-hybridized carbons (Fsp3) is 0.600. The normalized spacial score (nSPS) is 12.9. The predicted molar refractivity (Wildman–Crippen MR) is 80.3 cm³/mol. The van der Waals surface area contributed by atoms with Gasteiger partial charge in [0.15, 0.2) is 0 Å². The molecule has 0 aliphatic carbocycles. The van der Waals surface area contributed by atoms with Gasteiger partial charge in [-0.2, -0.15) is 0 Å². The van der Waals surface area contributed by atoms with E-state index in [0.29, 0.717) is 6.04 Å². The van der Waals surface area contributed by atoms with Gasteiger partial charge in [0.25, 0.3) is 0 Å². The zero-order chi connectivity index (χ0) is 13.4. The predicted octanol–water partition coefficient (Wildman–Crippen LogP) is 3.72. The van der Waals surface area contributed by atoms with Crippen molar-refractivity contribution < 1.29 is 0 Å². The highest BCUT2D eigenvalue weighted by Crippen LogP contribution is 2.21. The van der Waals surface area contributed by atoms with Gasteiger partial charge in [0.05, 0.1) is 0 Å². The maximum atomic E-state index is 6.03. The molecule has 18 heavy (non-hydrogen) atoms. The summed E-state index contributed by atoms with van der Waals surface area (Å²) in [4.78, 5) is 2.37. The topological polar surface area (TPSA) is 15.3 Å². The summed E-state index contributed by atoms with van der Waals surface area (Å²) in [5.41, 5.74) is 1.28. The molecule has 1 rings (SSSR count). The summed E-state index contributed by atoms with van der Waals surface area (Å²) < 4.78 is 0. The molecule has 1 unspecified atom stereocenters. The Hall–Kier alpha value is -0.570. The monoisotopic (exact) mass is 268 g/mol. The smallest absolute Gasteiger partial charge is 0.0409 e. The minimum Gasteiger partial charge on any atom is -0.317 e. The van der Waals surface area contributed by atoms with E-state index in [2.05, 4.69) is 43.2 Å². The number of hydrogen-bond acceptors (Lipinski definition) is 2. The van der Waals surface area contributed by atoms with E-state index in [9.17, 15) is 0 Å². The maximum absolute atomic E-state index is 6.03. The third-order valence-corrected chi connectivity index (χ3v) is 3.52. The van der Waals surface area contributed by atoms with Crippen LogP contribution in [0, 0.1) is 0 Å². The maximum Gasteiger partial charge on any atom is 0.0409 e. The minimum absolute atomic E-state index is 0.412. The Morgan fingerprint density at radius 3 is 2.78 bits per heavy atom. The standard InChI is InChI=1S/C15H25ClN2/c1-4-9-17-10-6-11-18(3)13(2)14-7-5-8-15(16)12-14/h5,7-8,12-13,17H,4,6,9-11H2,1-3H3. The van der Waals surface area contributed by atoms with Crippen molar-refractivity contribution in [2.75, 3.05) is 26.7 Å². The van der Waals surface area contributed by atoms with Gasteiger partial charge in [0.1, 0.15) is 0 Å². The zero-order valence-electron chi connectivity index (χ0n) is 11.7. The van der Waals surface area contributed by atoms with Crippen LogP contribution in [0.5, 0.6) is 0 Å². The van der Waals surface area contributed by atoms with Crippen LogP contribution in [0.3, 0.4) is 0 Å². The van der Waals surface area contributed by atoms with Gasteiger partial charge in [-0.05, 0) is 64.1 Å². The van der Waals surface area contributed by atoms with E-state index >= 15 is 0 Å². The molecule has 3 heteroatoms. The van der Waals surface area contributed by atoms with E-state index in [1.54, 1.807) is 0 Å². The Morgan fingerprint density at radius 2 is 2.11 bits per heavy atom. The molecule has 1 aromatic rings. The molecule has 0 fully saturated rings. The molecule has 2 nitrogen and oxygen atoms in total. The van der Waals surface area contributed by atoms with Crippen molar-refractivity contribution in [2.24, 2.45) is 0 Å². The van der Waals surface area contributed by atoms with Crippen LogP contribution >= 0.6 is 11.6 Å². The van der Waals surface area contributed by atoms with Crippen molar-refractivity contribution in [3.05, 3.63) is 34.9 Å². The highest BCUT2D eigenvalue weighted by atomic mass is 35.5. The molecule has 0 aliphatic heterocycles. The van der Waals surface area contributed by atoms with E-state index in [4.69, 9.17) is 11.6 Å². The molecule has 1 aromatic carbocycles. The Balaban J connectivity index is 2.34. The number of rotatable bonds is 8. The van der Waals surface area contributed by atoms with E-state index in [-0.39, 0.29) is 0 Å². The fourth-order valence-electron chi connectivity index (χ4n) is 1.97. The average Bonchev–Trinajstić information content (AvgIpc) is 2.37. The summed E-state index contributed by atoms with van der Waals surface area (Å²) in [6.07, 6.45) is 2.39. The molecular weight excluding hydrogens is 244 g/mol. The third kappa shape index (κ3) is 5.38. The van der Waals surface area contributed by atoms with E-state index in [0.717, 1.165) is 24.7 Å². The quantitative estimate of drug-likeness (QED) is 0.723. The van der Waals surface area contributed by atoms with Crippen LogP contribution in [0.1, 0.15) is 38.3 Å². The van der Waals surface area contributed by atoms with Gasteiger partial charge >= 0.3 is 0 Å². The first-order valence-corrected chi connectivity index (χ1v) is 7.19. The van der Waals surface area contributed by atoms with E-state index < -0.39 is 0 Å². The number of nitrogens with one attached hydrogen (secondary N) is 1. The van der Waals surface area contributed by atoms with Crippen molar-refractivity contribution >= 4 is 11.6 Å². The van der Waals surface area contributed by atoms with E-state index in [1.807, 2.05) is 12.1 Å². The van der Waals surface area contributed by atoms with Crippen LogP contribution in [0.4, 0.5) is 0 Å². The van der Waals surface area contributed by atoms with Crippen LogP contribution in [0.2, 0.25) is 5.02 Å². The molecule has 0 radical (unpaired) electrons. The molecule has 102 valence electrons. The largest absolute Gasteiger partial charge is 0.317 e. The Labute approximate surface area is 116 Å². The summed E-state index contributed by atoms with van der Waals surface area (Å²) in [5.74, 6) is 0. The molecular formula is C15H25ClN2. The van der Waals surface area contributed by atoms with Gasteiger partial charge in [-0.15, -0.1) is 0 Å². The van der Waals surface area contributed by atoms with Crippen molar-refractivity contribution in [3.63, 3.8) is 0 Å². The summed E-state index contributed by atoms with van der Waals surface area (Å²) in [6.45, 7) is 7.74. The summed E-state index contributed by atoms with van der Waals surface area (Å²) >= 11 is 6.03. The number of hydrogen-bond donors (Lipinski definition) is 1. The molecule has 1 atom stereocenters. The number of halogens is 1. The molecule has 0 bridgehead atoms. The minimum atomic E-state index is 0.412. The molecule has 1 N–H and O–H groups in total. The van der Waals surface area contributed by atoms with Crippen molar-refractivity contribution in [1.29, 1.82) is 0 Å². The lowest BCUT2D eigenvalue weighted by atomic mass is 10.1. The van der Waals surface area contributed by atoms with Crippen LogP contribution in [0.25, 0.3) is 0 Å². The van der Waals surface area contributed by atoms with Gasteiger partial charge in [-0.25, -0.2) is 0 Å². The highest BCUT2D eigenvalue weighted by molar-refractivity contribution is 6.30. The van der Waals surface area contributed by atoms with Gasteiger partial charge < -0.3 is 5.32 Å². The molecule has 0 saturated carbocycles. The fourth-order valence-corrected chi connectivity index (χ4v) is 2.17. The molecule has 0 aliphatic rings. The second-order valence-corrected chi connectivity index (χ2v) is 5.25. The first kappa shape index (κ1) is 15.5. The van der Waals surface area contributed by atoms with E-state index in [1.165, 1.54) is 18.4 Å². The Bertz CT molecular complexity index is 341. The summed E-state index contributed by atoms with van der Waals surface area (Å²) in [7, 11) is 2.17. The van der Waals surface area contributed by atoms with Crippen LogP contribution < -0.4 is 5.32 Å². The highest BCUT2D eigenvalue weighted by Gasteiger charge is 2.11. The molecule has 0 aromatic heterocycles. The van der Waals surface area contributed by atoms with Gasteiger partial charge in [-0.3, -0.25) is 4.90 Å². The van der Waals surface area contributed by atoms with Crippen molar-refractivity contribution in [1.82, 2.24) is 10.2 Å². The van der Waals surface area contributed by atoms with Crippen molar-refractivity contribution in [3.8, 4) is 0 Å². The molecule has 0 heterocycles. The average molecular weight is 269 g/mol. The Morgan fingerprint density at radius 1 is 1.33 bits per heavy atom. The number of benzene rings is 1. The zero-order valence-corrected chi connectivity index (χ0v) is 12.5. The first-order valence-electron chi connectivity index (χ1n) is 6.81. The van der Waals surface area contributed by atoms with Crippen LogP contribution in [-0.2, 0) is 0 Å². The number of nitrogens with zero attached hydrogens (tertiary/aromatic N) is 1. The summed E-state index contributed by atoms with van der Waals surface area (Å²) in [6, 6.07) is 8.55. The van der Waals surface area contributed by atoms with Gasteiger partial charge in [-0.1, -0.05) is 30.7 Å². The molecule has 0 saturated heterocycles. The second kappa shape index (κ2) is 8.52. The molecule has 0 amide bonds. The summed E-state index contributed by atoms with van der Waals surface area (Å²) in [5, 5.41) is 4.25. The lowest BCUT2D eigenvalue weighted by molar-refractivity contribution is 0.257. The van der Waals surface area contributed by atoms with Gasteiger partial charge in [0, 0.05) is 11.1 Å². The lowest BCUT2D eigenvalue weighted by Crippen LogP contribution is -2.26. The Kier molecular flexibility index (Phi) is 7.33. The SMILES string of the molecule is CCCNCCCN(C)C(C)c1cccc(Cl)c1. The molecule has 0 spiro atoms.